The van der Waals surface area contributed by atoms with E-state index in [0.29, 0.717) is 6.54 Å². The minimum absolute atomic E-state index is 0.0412. The van der Waals surface area contributed by atoms with Crippen molar-refractivity contribution < 1.29 is 4.79 Å². The highest BCUT2D eigenvalue weighted by molar-refractivity contribution is 7.07. The molecule has 0 aliphatic rings. The first-order valence-electron chi connectivity index (χ1n) is 5.20. The number of carbonyl (C=O) groups is 1. The minimum Gasteiger partial charge on any atom is -0.338 e. The maximum absolute atomic E-state index is 12.0. The van der Waals surface area contributed by atoms with Crippen LogP contribution in [0.5, 0.6) is 0 Å². The lowest BCUT2D eigenvalue weighted by molar-refractivity contribution is -0.134. The van der Waals surface area contributed by atoms with Gasteiger partial charge in [-0.05, 0) is 5.41 Å². The molecule has 0 fully saturated rings. The average Bonchev–Trinajstić information content (AvgIpc) is 2.66. The van der Waals surface area contributed by atoms with Crippen molar-refractivity contribution in [2.45, 2.75) is 33.4 Å². The second-order valence-corrected chi connectivity index (χ2v) is 5.74. The molecule has 2 N–H and O–H groups in total. The zero-order valence-corrected chi connectivity index (χ0v) is 11.0. The molecule has 1 rings (SSSR count). The lowest BCUT2D eigenvalue weighted by atomic mass is 9.86. The highest BCUT2D eigenvalue weighted by Gasteiger charge is 2.29. The Balaban J connectivity index is 2.61. The van der Waals surface area contributed by atoms with E-state index in [2.05, 4.69) is 4.98 Å². The van der Waals surface area contributed by atoms with Gasteiger partial charge < -0.3 is 10.6 Å². The van der Waals surface area contributed by atoms with Gasteiger partial charge in [0.2, 0.25) is 5.91 Å². The van der Waals surface area contributed by atoms with Crippen molar-refractivity contribution >= 4 is 17.2 Å². The molecule has 0 saturated carbocycles. The topological polar surface area (TPSA) is 59.2 Å². The molecule has 16 heavy (non-hydrogen) atoms. The van der Waals surface area contributed by atoms with Crippen molar-refractivity contribution in [3.8, 4) is 0 Å². The third-order valence-electron chi connectivity index (χ3n) is 2.46. The van der Waals surface area contributed by atoms with E-state index < -0.39 is 6.04 Å². The largest absolute Gasteiger partial charge is 0.338 e. The first kappa shape index (κ1) is 13.1. The first-order chi connectivity index (χ1) is 7.32. The van der Waals surface area contributed by atoms with Crippen molar-refractivity contribution in [1.29, 1.82) is 0 Å². The first-order valence-corrected chi connectivity index (χ1v) is 6.14. The number of thiazole rings is 1. The van der Waals surface area contributed by atoms with Gasteiger partial charge in [0.05, 0.1) is 23.8 Å². The summed E-state index contributed by atoms with van der Waals surface area (Å²) < 4.78 is 0. The molecular weight excluding hydrogens is 222 g/mol. The maximum atomic E-state index is 12.0. The Hall–Kier alpha value is -0.940. The number of amides is 1. The summed E-state index contributed by atoms with van der Waals surface area (Å²) >= 11 is 1.53. The SMILES string of the molecule is CN(Cc1cscn1)C(=O)C(N)C(C)(C)C. The van der Waals surface area contributed by atoms with Crippen LogP contribution in [0.25, 0.3) is 0 Å². The predicted octanol–water partition coefficient (Wildman–Crippen LogP) is 1.47. The Kier molecular flexibility index (Phi) is 4.04. The smallest absolute Gasteiger partial charge is 0.240 e. The molecule has 5 heteroatoms. The highest BCUT2D eigenvalue weighted by Crippen LogP contribution is 2.19. The molecule has 1 amide bonds. The van der Waals surface area contributed by atoms with Gasteiger partial charge in [-0.3, -0.25) is 4.79 Å². The van der Waals surface area contributed by atoms with Crippen LogP contribution in [-0.4, -0.2) is 28.9 Å². The molecule has 0 saturated heterocycles. The van der Waals surface area contributed by atoms with E-state index in [1.165, 1.54) is 11.3 Å². The highest BCUT2D eigenvalue weighted by atomic mass is 32.1. The number of hydrogen-bond donors (Lipinski definition) is 1. The quantitative estimate of drug-likeness (QED) is 0.872. The summed E-state index contributed by atoms with van der Waals surface area (Å²) in [5.41, 5.74) is 8.37. The van der Waals surface area contributed by atoms with E-state index in [9.17, 15) is 4.79 Å². The summed E-state index contributed by atoms with van der Waals surface area (Å²) in [7, 11) is 1.76. The molecule has 1 unspecified atom stereocenters. The van der Waals surface area contributed by atoms with Crippen LogP contribution in [0.15, 0.2) is 10.9 Å². The predicted molar refractivity (Wildman–Crippen MR) is 66.0 cm³/mol. The summed E-state index contributed by atoms with van der Waals surface area (Å²) in [5.74, 6) is -0.0412. The summed E-state index contributed by atoms with van der Waals surface area (Å²) in [6, 6.07) is -0.476. The number of aromatic nitrogens is 1. The standard InChI is InChI=1S/C11H19N3OS/c1-11(2,3)9(12)10(15)14(4)5-8-6-16-7-13-8/h6-7,9H,5,12H2,1-4H3. The number of nitrogens with zero attached hydrogens (tertiary/aromatic N) is 2. The number of carbonyl (C=O) groups excluding carboxylic acids is 1. The summed E-state index contributed by atoms with van der Waals surface area (Å²) in [6.45, 7) is 6.41. The van der Waals surface area contributed by atoms with Crippen molar-refractivity contribution in [3.63, 3.8) is 0 Å². The third-order valence-corrected chi connectivity index (χ3v) is 3.09. The molecule has 90 valence electrons. The van der Waals surface area contributed by atoms with Crippen LogP contribution in [0.4, 0.5) is 0 Å². The normalized spacial score (nSPS) is 13.6. The van der Waals surface area contributed by atoms with E-state index in [1.54, 1.807) is 17.5 Å². The van der Waals surface area contributed by atoms with E-state index in [0.717, 1.165) is 5.69 Å². The Morgan fingerprint density at radius 1 is 1.62 bits per heavy atom. The zero-order chi connectivity index (χ0) is 12.3. The van der Waals surface area contributed by atoms with Crippen molar-refractivity contribution in [2.75, 3.05) is 7.05 Å². The molecule has 0 aliphatic carbocycles. The van der Waals surface area contributed by atoms with Crippen molar-refractivity contribution in [3.05, 3.63) is 16.6 Å². The van der Waals surface area contributed by atoms with Crippen molar-refractivity contribution in [2.24, 2.45) is 11.1 Å². The molecule has 1 atom stereocenters. The van der Waals surface area contributed by atoms with E-state index in [1.807, 2.05) is 26.2 Å². The Bertz CT molecular complexity index is 343. The number of nitrogens with two attached hydrogens (primary N) is 1. The zero-order valence-electron chi connectivity index (χ0n) is 10.2. The lowest BCUT2D eigenvalue weighted by Crippen LogP contribution is -2.48. The van der Waals surface area contributed by atoms with E-state index >= 15 is 0 Å². The summed E-state index contributed by atoms with van der Waals surface area (Å²) in [6.07, 6.45) is 0. The molecule has 1 aromatic rings. The molecule has 0 aliphatic heterocycles. The van der Waals surface area contributed by atoms with Crippen LogP contribution in [0, 0.1) is 5.41 Å². The second-order valence-electron chi connectivity index (χ2n) is 5.02. The second kappa shape index (κ2) is 4.93. The Labute approximate surface area is 100 Å². The summed E-state index contributed by atoms with van der Waals surface area (Å²) in [5, 5.41) is 1.94. The number of rotatable bonds is 3. The minimum atomic E-state index is -0.476. The molecule has 1 aromatic heterocycles. The van der Waals surface area contributed by atoms with Crippen LogP contribution in [-0.2, 0) is 11.3 Å². The third kappa shape index (κ3) is 3.28. The van der Waals surface area contributed by atoms with Gasteiger partial charge in [0.25, 0.3) is 0 Å². The van der Waals surface area contributed by atoms with Crippen LogP contribution in [0.2, 0.25) is 0 Å². The lowest BCUT2D eigenvalue weighted by Gasteiger charge is -2.29. The molecule has 0 spiro atoms. The van der Waals surface area contributed by atoms with Crippen molar-refractivity contribution in [1.82, 2.24) is 9.88 Å². The van der Waals surface area contributed by atoms with Gasteiger partial charge in [0, 0.05) is 12.4 Å². The van der Waals surface area contributed by atoms with Gasteiger partial charge in [0.15, 0.2) is 0 Å². The molecule has 0 radical (unpaired) electrons. The van der Waals surface area contributed by atoms with Gasteiger partial charge in [-0.2, -0.15) is 0 Å². The fourth-order valence-corrected chi connectivity index (χ4v) is 1.79. The average molecular weight is 241 g/mol. The van der Waals surface area contributed by atoms with E-state index in [-0.39, 0.29) is 11.3 Å². The summed E-state index contributed by atoms with van der Waals surface area (Å²) in [4.78, 5) is 17.8. The Morgan fingerprint density at radius 3 is 2.69 bits per heavy atom. The molecule has 0 bridgehead atoms. The number of likely N-dealkylation sites (N-methyl/N-ethyl adjacent to an activating group) is 1. The monoisotopic (exact) mass is 241 g/mol. The fourth-order valence-electron chi connectivity index (χ4n) is 1.24. The molecule has 0 aromatic carbocycles. The van der Waals surface area contributed by atoms with Crippen LogP contribution < -0.4 is 5.73 Å². The molecular formula is C11H19N3OS. The van der Waals surface area contributed by atoms with Crippen LogP contribution >= 0.6 is 11.3 Å². The van der Waals surface area contributed by atoms with Gasteiger partial charge in [-0.1, -0.05) is 20.8 Å². The van der Waals surface area contributed by atoms with Gasteiger partial charge in [0.1, 0.15) is 0 Å². The number of hydrogen-bond acceptors (Lipinski definition) is 4. The van der Waals surface area contributed by atoms with Crippen LogP contribution in [0.1, 0.15) is 26.5 Å². The molecule has 1 heterocycles. The maximum Gasteiger partial charge on any atom is 0.240 e. The van der Waals surface area contributed by atoms with Gasteiger partial charge >= 0.3 is 0 Å². The van der Waals surface area contributed by atoms with Gasteiger partial charge in [-0.25, -0.2) is 4.98 Å². The van der Waals surface area contributed by atoms with Crippen LogP contribution in [0.3, 0.4) is 0 Å². The Morgan fingerprint density at radius 2 is 2.25 bits per heavy atom. The van der Waals surface area contributed by atoms with E-state index in [4.69, 9.17) is 5.73 Å². The fraction of sp³-hybridized carbons (Fsp3) is 0.636. The molecule has 4 nitrogen and oxygen atoms in total. The van der Waals surface area contributed by atoms with Gasteiger partial charge in [-0.15, -0.1) is 11.3 Å².